The Morgan fingerprint density at radius 3 is 2.55 bits per heavy atom. The summed E-state index contributed by atoms with van der Waals surface area (Å²) in [4.78, 5) is 12.0. The second kappa shape index (κ2) is 7.11. The molecule has 0 fully saturated rings. The lowest BCUT2D eigenvalue weighted by atomic mass is 10.1. The normalized spacial score (nSPS) is 10.3. The van der Waals surface area contributed by atoms with E-state index in [-0.39, 0.29) is 5.78 Å². The number of ketones is 1. The van der Waals surface area contributed by atoms with Gasteiger partial charge in [-0.25, -0.2) is 0 Å². The molecular formula is C15H12BrCl2NO. The molecule has 2 aromatic rings. The van der Waals surface area contributed by atoms with Gasteiger partial charge in [-0.2, -0.15) is 0 Å². The van der Waals surface area contributed by atoms with E-state index in [1.54, 1.807) is 18.2 Å². The maximum absolute atomic E-state index is 12.0. The van der Waals surface area contributed by atoms with Crippen molar-refractivity contribution in [3.05, 3.63) is 62.5 Å². The molecule has 0 aliphatic carbocycles. The number of halogens is 3. The lowest BCUT2D eigenvalue weighted by Crippen LogP contribution is -2.09. The topological polar surface area (TPSA) is 29.1 Å². The number of anilines is 1. The minimum absolute atomic E-state index is 0.0307. The average molecular weight is 373 g/mol. The molecule has 2 nitrogen and oxygen atoms in total. The molecule has 1 N–H and O–H groups in total. The number of rotatable bonds is 5. The van der Waals surface area contributed by atoms with Crippen molar-refractivity contribution < 1.29 is 4.79 Å². The van der Waals surface area contributed by atoms with Crippen molar-refractivity contribution in [2.75, 3.05) is 11.9 Å². The van der Waals surface area contributed by atoms with Crippen LogP contribution in [0.4, 0.5) is 5.69 Å². The van der Waals surface area contributed by atoms with Crippen molar-refractivity contribution in [3.8, 4) is 0 Å². The molecule has 0 aliphatic heterocycles. The van der Waals surface area contributed by atoms with E-state index in [0.29, 0.717) is 28.6 Å². The van der Waals surface area contributed by atoms with Crippen LogP contribution in [-0.4, -0.2) is 12.3 Å². The lowest BCUT2D eigenvalue weighted by Gasteiger charge is -2.08. The molecular weight excluding hydrogens is 361 g/mol. The smallest absolute Gasteiger partial charge is 0.164 e. The van der Waals surface area contributed by atoms with Crippen LogP contribution >= 0.6 is 39.1 Å². The molecule has 104 valence electrons. The first-order chi connectivity index (χ1) is 9.58. The van der Waals surface area contributed by atoms with Gasteiger partial charge in [0.1, 0.15) is 0 Å². The molecule has 0 saturated heterocycles. The van der Waals surface area contributed by atoms with E-state index < -0.39 is 0 Å². The van der Waals surface area contributed by atoms with Crippen LogP contribution in [0.3, 0.4) is 0 Å². The average Bonchev–Trinajstić information content (AvgIpc) is 2.44. The molecule has 2 rings (SSSR count). The number of nitrogens with one attached hydrogen (secondary N) is 1. The Balaban J connectivity index is 1.92. The van der Waals surface area contributed by atoms with Crippen molar-refractivity contribution >= 4 is 50.6 Å². The molecule has 0 saturated carbocycles. The lowest BCUT2D eigenvalue weighted by molar-refractivity contribution is 0.0986. The van der Waals surface area contributed by atoms with Crippen LogP contribution in [0.25, 0.3) is 0 Å². The molecule has 0 unspecified atom stereocenters. The van der Waals surface area contributed by atoms with Crippen molar-refractivity contribution in [1.29, 1.82) is 0 Å². The largest absolute Gasteiger partial charge is 0.384 e. The van der Waals surface area contributed by atoms with Crippen LogP contribution in [0.15, 0.2) is 46.9 Å². The second-order valence-corrected chi connectivity index (χ2v) is 5.88. The Hall–Kier alpha value is -1.03. The van der Waals surface area contributed by atoms with Crippen LogP contribution in [0.5, 0.6) is 0 Å². The van der Waals surface area contributed by atoms with Crippen molar-refractivity contribution in [2.24, 2.45) is 0 Å². The van der Waals surface area contributed by atoms with Gasteiger partial charge in [0.05, 0.1) is 10.0 Å². The highest BCUT2D eigenvalue weighted by Gasteiger charge is 2.08. The van der Waals surface area contributed by atoms with E-state index in [4.69, 9.17) is 23.2 Å². The van der Waals surface area contributed by atoms with Gasteiger partial charge in [-0.15, -0.1) is 0 Å². The monoisotopic (exact) mass is 371 g/mol. The molecule has 0 spiro atoms. The Morgan fingerprint density at radius 1 is 1.10 bits per heavy atom. The third kappa shape index (κ3) is 3.98. The number of hydrogen-bond donors (Lipinski definition) is 1. The van der Waals surface area contributed by atoms with E-state index >= 15 is 0 Å². The molecule has 0 atom stereocenters. The third-order valence-electron chi connectivity index (χ3n) is 2.78. The van der Waals surface area contributed by atoms with Crippen LogP contribution in [-0.2, 0) is 0 Å². The molecule has 20 heavy (non-hydrogen) atoms. The zero-order valence-electron chi connectivity index (χ0n) is 10.5. The molecule has 0 heterocycles. The molecule has 0 radical (unpaired) electrons. The second-order valence-electron chi connectivity index (χ2n) is 4.21. The van der Waals surface area contributed by atoms with E-state index in [1.165, 1.54) is 0 Å². The molecule has 0 aromatic heterocycles. The van der Waals surface area contributed by atoms with E-state index in [0.717, 1.165) is 10.2 Å². The van der Waals surface area contributed by atoms with E-state index in [1.807, 2.05) is 24.3 Å². The number of hydrogen-bond acceptors (Lipinski definition) is 2. The van der Waals surface area contributed by atoms with Crippen LogP contribution in [0.2, 0.25) is 10.0 Å². The van der Waals surface area contributed by atoms with Crippen molar-refractivity contribution in [3.63, 3.8) is 0 Å². The van der Waals surface area contributed by atoms with Crippen molar-refractivity contribution in [2.45, 2.75) is 6.42 Å². The maximum atomic E-state index is 12.0. The number of benzene rings is 2. The maximum Gasteiger partial charge on any atom is 0.164 e. The molecule has 0 aliphatic rings. The predicted octanol–water partition coefficient (Wildman–Crippen LogP) is 5.44. The summed E-state index contributed by atoms with van der Waals surface area (Å²) in [5.74, 6) is 0.0307. The number of Topliss-reactive ketones (excluding diaryl/α,β-unsaturated/α-hetero) is 1. The van der Waals surface area contributed by atoms with E-state index in [2.05, 4.69) is 21.2 Å². The Bertz CT molecular complexity index is 631. The van der Waals surface area contributed by atoms with Gasteiger partial charge in [0, 0.05) is 28.7 Å². The highest BCUT2D eigenvalue weighted by Crippen LogP contribution is 2.24. The fourth-order valence-electron chi connectivity index (χ4n) is 1.73. The van der Waals surface area contributed by atoms with Crippen LogP contribution < -0.4 is 5.32 Å². The summed E-state index contributed by atoms with van der Waals surface area (Å²) < 4.78 is 0.974. The summed E-state index contributed by atoms with van der Waals surface area (Å²) in [5.41, 5.74) is 1.54. The van der Waals surface area contributed by atoms with E-state index in [9.17, 15) is 4.79 Å². The molecule has 5 heteroatoms. The molecule has 0 bridgehead atoms. The summed E-state index contributed by atoms with van der Waals surface area (Å²) in [7, 11) is 0. The predicted molar refractivity (Wildman–Crippen MR) is 88.0 cm³/mol. The number of carbonyl (C=O) groups is 1. The standard InChI is InChI=1S/C15H12BrCl2NO/c16-11-3-1-2-4-14(11)19-8-7-15(20)10-5-6-12(17)13(18)9-10/h1-6,9,19H,7-8H2. The zero-order valence-corrected chi connectivity index (χ0v) is 13.6. The van der Waals surface area contributed by atoms with Gasteiger partial charge in [-0.05, 0) is 46.3 Å². The number of carbonyl (C=O) groups excluding carboxylic acids is 1. The fraction of sp³-hybridized carbons (Fsp3) is 0.133. The first-order valence-electron chi connectivity index (χ1n) is 6.04. The summed E-state index contributed by atoms with van der Waals surface area (Å²) >= 11 is 15.2. The molecule has 2 aromatic carbocycles. The van der Waals surface area contributed by atoms with Gasteiger partial charge in [-0.1, -0.05) is 35.3 Å². The van der Waals surface area contributed by atoms with Gasteiger partial charge in [0.2, 0.25) is 0 Å². The minimum atomic E-state index is 0.0307. The summed E-state index contributed by atoms with van der Waals surface area (Å²) in [6.07, 6.45) is 0.388. The highest BCUT2D eigenvalue weighted by molar-refractivity contribution is 9.10. The zero-order chi connectivity index (χ0) is 14.5. The molecule has 0 amide bonds. The van der Waals surface area contributed by atoms with Crippen LogP contribution in [0, 0.1) is 0 Å². The highest BCUT2D eigenvalue weighted by atomic mass is 79.9. The third-order valence-corrected chi connectivity index (χ3v) is 4.21. The Kier molecular flexibility index (Phi) is 5.46. The van der Waals surface area contributed by atoms with Crippen LogP contribution in [0.1, 0.15) is 16.8 Å². The van der Waals surface area contributed by atoms with Gasteiger partial charge in [0.15, 0.2) is 5.78 Å². The van der Waals surface area contributed by atoms with Gasteiger partial charge in [0.25, 0.3) is 0 Å². The quantitative estimate of drug-likeness (QED) is 0.708. The summed E-state index contributed by atoms with van der Waals surface area (Å²) in [6.45, 7) is 0.557. The summed E-state index contributed by atoms with van der Waals surface area (Å²) in [5, 5.41) is 4.07. The number of para-hydroxylation sites is 1. The Morgan fingerprint density at radius 2 is 1.85 bits per heavy atom. The first kappa shape index (κ1) is 15.4. The Labute approximate surface area is 136 Å². The minimum Gasteiger partial charge on any atom is -0.384 e. The van der Waals surface area contributed by atoms with Gasteiger partial charge >= 0.3 is 0 Å². The van der Waals surface area contributed by atoms with Gasteiger partial charge < -0.3 is 5.32 Å². The first-order valence-corrected chi connectivity index (χ1v) is 7.59. The van der Waals surface area contributed by atoms with Crippen molar-refractivity contribution in [1.82, 2.24) is 0 Å². The summed E-state index contributed by atoms with van der Waals surface area (Å²) in [6, 6.07) is 12.7. The fourth-order valence-corrected chi connectivity index (χ4v) is 2.45. The van der Waals surface area contributed by atoms with Gasteiger partial charge in [-0.3, -0.25) is 4.79 Å². The SMILES string of the molecule is O=C(CCNc1ccccc1Br)c1ccc(Cl)c(Cl)c1.